The standard InChI is InChI=1S/C62H44N2Si/c1-6-19-45(20-7-1)46-37-39-52(40-38-46)63(54-42-50-36-35-47-21-18-34-59-61(47)62(50)60(44-54)64(59)51-24-8-2-9-25-51)53-26-16-22-48(41-53)49-23-17-33-58(43-49)65(55-27-10-3-11-28-55,56-29-12-4-13-30-56)57-31-14-5-15-32-57/h1-44H. The molecule has 12 aromatic rings. The van der Waals surface area contributed by atoms with Gasteiger partial charge in [-0.25, -0.2) is 0 Å². The highest BCUT2D eigenvalue weighted by Gasteiger charge is 2.41. The zero-order valence-electron chi connectivity index (χ0n) is 35.8. The van der Waals surface area contributed by atoms with Gasteiger partial charge in [-0.3, -0.25) is 0 Å². The number of benzene rings is 11. The van der Waals surface area contributed by atoms with Crippen molar-refractivity contribution in [3.05, 3.63) is 267 Å². The lowest BCUT2D eigenvalue weighted by atomic mass is 10.0. The quantitative estimate of drug-likeness (QED) is 0.0756. The second kappa shape index (κ2) is 16.1. The van der Waals surface area contributed by atoms with Crippen LogP contribution in [-0.2, 0) is 0 Å². The maximum atomic E-state index is 2.47. The third-order valence-corrected chi connectivity index (χ3v) is 18.0. The Morgan fingerprint density at radius 3 is 1.42 bits per heavy atom. The number of anilines is 3. The van der Waals surface area contributed by atoms with Gasteiger partial charge in [0.2, 0.25) is 0 Å². The molecule has 0 unspecified atom stereocenters. The molecule has 2 nitrogen and oxygen atoms in total. The fraction of sp³-hybridized carbons (Fsp3) is 0. The van der Waals surface area contributed by atoms with E-state index in [0.717, 1.165) is 28.3 Å². The predicted molar refractivity (Wildman–Crippen MR) is 279 cm³/mol. The summed E-state index contributed by atoms with van der Waals surface area (Å²) in [4.78, 5) is 2.44. The van der Waals surface area contributed by atoms with Crippen molar-refractivity contribution in [2.24, 2.45) is 0 Å². The van der Waals surface area contributed by atoms with Crippen molar-refractivity contribution in [1.29, 1.82) is 0 Å². The molecule has 0 fully saturated rings. The van der Waals surface area contributed by atoms with Crippen molar-refractivity contribution in [3.63, 3.8) is 0 Å². The summed E-state index contributed by atoms with van der Waals surface area (Å²) in [5, 5.41) is 10.5. The van der Waals surface area contributed by atoms with Crippen LogP contribution >= 0.6 is 0 Å². The largest absolute Gasteiger partial charge is 0.310 e. The van der Waals surface area contributed by atoms with E-state index in [9.17, 15) is 0 Å². The van der Waals surface area contributed by atoms with Crippen LogP contribution in [0.15, 0.2) is 267 Å². The molecule has 0 aliphatic heterocycles. The lowest BCUT2D eigenvalue weighted by molar-refractivity contribution is 1.18. The molecule has 0 radical (unpaired) electrons. The van der Waals surface area contributed by atoms with Crippen LogP contribution in [0.25, 0.3) is 60.5 Å². The monoisotopic (exact) mass is 844 g/mol. The van der Waals surface area contributed by atoms with E-state index in [1.165, 1.54) is 70.0 Å². The Morgan fingerprint density at radius 1 is 0.277 bits per heavy atom. The van der Waals surface area contributed by atoms with E-state index in [1.54, 1.807) is 0 Å². The van der Waals surface area contributed by atoms with Gasteiger partial charge in [0.25, 0.3) is 0 Å². The molecule has 0 atom stereocenters. The first-order valence-electron chi connectivity index (χ1n) is 22.4. The molecule has 0 spiro atoms. The molecule has 0 N–H and O–H groups in total. The normalized spacial score (nSPS) is 11.7. The Hall–Kier alpha value is -8.24. The average molecular weight is 845 g/mol. The maximum absolute atomic E-state index is 2.74. The van der Waals surface area contributed by atoms with Gasteiger partial charge >= 0.3 is 0 Å². The minimum atomic E-state index is -2.74. The fourth-order valence-electron chi connectivity index (χ4n) is 10.4. The molecule has 12 rings (SSSR count). The summed E-state index contributed by atoms with van der Waals surface area (Å²) in [6.07, 6.45) is 0. The summed E-state index contributed by atoms with van der Waals surface area (Å²) in [5.74, 6) is 0. The molecule has 0 saturated carbocycles. The maximum Gasteiger partial charge on any atom is 0.179 e. The minimum absolute atomic E-state index is 1.09. The highest BCUT2D eigenvalue weighted by Crippen LogP contribution is 2.44. The van der Waals surface area contributed by atoms with E-state index in [1.807, 2.05) is 0 Å². The third kappa shape index (κ3) is 6.56. The predicted octanol–water partition coefficient (Wildman–Crippen LogP) is 13.6. The van der Waals surface area contributed by atoms with Gasteiger partial charge in [-0.05, 0) is 108 Å². The van der Waals surface area contributed by atoms with Crippen molar-refractivity contribution in [1.82, 2.24) is 4.57 Å². The molecule has 0 saturated heterocycles. The first-order chi connectivity index (χ1) is 32.2. The number of para-hydroxylation sites is 1. The second-order valence-electron chi connectivity index (χ2n) is 16.9. The van der Waals surface area contributed by atoms with Gasteiger partial charge in [0.1, 0.15) is 0 Å². The Bertz CT molecular complexity index is 3470. The summed E-state index contributed by atoms with van der Waals surface area (Å²) in [5.41, 5.74) is 11.6. The van der Waals surface area contributed by atoms with Crippen molar-refractivity contribution in [2.75, 3.05) is 4.90 Å². The average Bonchev–Trinajstić information content (AvgIpc) is 3.73. The van der Waals surface area contributed by atoms with E-state index in [0.29, 0.717) is 0 Å². The van der Waals surface area contributed by atoms with Gasteiger partial charge in [-0.1, -0.05) is 212 Å². The Kier molecular flexibility index (Phi) is 9.55. The number of rotatable bonds is 10. The lowest BCUT2D eigenvalue weighted by Crippen LogP contribution is -2.74. The summed E-state index contributed by atoms with van der Waals surface area (Å²) in [6, 6.07) is 98.5. The van der Waals surface area contributed by atoms with E-state index in [4.69, 9.17) is 0 Å². The molecule has 0 aliphatic rings. The number of hydrogen-bond acceptors (Lipinski definition) is 1. The van der Waals surface area contributed by atoms with Crippen LogP contribution in [0.4, 0.5) is 17.1 Å². The molecule has 65 heavy (non-hydrogen) atoms. The van der Waals surface area contributed by atoms with Gasteiger partial charge in [0.15, 0.2) is 8.07 Å². The molecule has 11 aromatic carbocycles. The number of nitrogens with zero attached hydrogens (tertiary/aromatic N) is 2. The Labute approximate surface area is 380 Å². The second-order valence-corrected chi connectivity index (χ2v) is 20.7. The van der Waals surface area contributed by atoms with Gasteiger partial charge in [0, 0.05) is 33.5 Å². The van der Waals surface area contributed by atoms with Crippen LogP contribution in [-0.4, -0.2) is 12.6 Å². The van der Waals surface area contributed by atoms with Crippen molar-refractivity contribution in [2.45, 2.75) is 0 Å². The molecular formula is C62H44N2Si. The van der Waals surface area contributed by atoms with E-state index >= 15 is 0 Å². The summed E-state index contributed by atoms with van der Waals surface area (Å²) in [6.45, 7) is 0. The van der Waals surface area contributed by atoms with E-state index in [-0.39, 0.29) is 0 Å². The van der Waals surface area contributed by atoms with E-state index in [2.05, 4.69) is 276 Å². The van der Waals surface area contributed by atoms with Gasteiger partial charge in [-0.2, -0.15) is 0 Å². The summed E-state index contributed by atoms with van der Waals surface area (Å²) < 4.78 is 2.44. The first kappa shape index (κ1) is 38.4. The third-order valence-electron chi connectivity index (χ3n) is 13.2. The lowest BCUT2D eigenvalue weighted by Gasteiger charge is -2.34. The number of hydrogen-bond donors (Lipinski definition) is 0. The van der Waals surface area contributed by atoms with Crippen molar-refractivity contribution in [3.8, 4) is 27.9 Å². The van der Waals surface area contributed by atoms with Crippen LogP contribution in [0.1, 0.15) is 0 Å². The molecule has 3 heteroatoms. The molecule has 306 valence electrons. The summed E-state index contributed by atoms with van der Waals surface area (Å²) >= 11 is 0. The Morgan fingerprint density at radius 2 is 0.769 bits per heavy atom. The molecule has 1 heterocycles. The molecular weight excluding hydrogens is 801 g/mol. The highest BCUT2D eigenvalue weighted by molar-refractivity contribution is 7.19. The molecule has 0 bridgehead atoms. The Balaban J connectivity index is 1.06. The summed E-state index contributed by atoms with van der Waals surface area (Å²) in [7, 11) is -2.74. The molecule has 0 amide bonds. The fourth-order valence-corrected chi connectivity index (χ4v) is 15.2. The van der Waals surface area contributed by atoms with Gasteiger partial charge in [-0.15, -0.1) is 0 Å². The van der Waals surface area contributed by atoms with Crippen LogP contribution in [0.2, 0.25) is 0 Å². The zero-order chi connectivity index (χ0) is 43.2. The van der Waals surface area contributed by atoms with Crippen molar-refractivity contribution >= 4 is 78.5 Å². The zero-order valence-corrected chi connectivity index (χ0v) is 36.8. The minimum Gasteiger partial charge on any atom is -0.310 e. The number of aromatic nitrogens is 1. The highest BCUT2D eigenvalue weighted by atomic mass is 28.3. The van der Waals surface area contributed by atoms with Gasteiger partial charge < -0.3 is 9.47 Å². The van der Waals surface area contributed by atoms with Crippen LogP contribution in [0, 0.1) is 0 Å². The smallest absolute Gasteiger partial charge is 0.179 e. The van der Waals surface area contributed by atoms with Crippen LogP contribution in [0.3, 0.4) is 0 Å². The van der Waals surface area contributed by atoms with Crippen molar-refractivity contribution < 1.29 is 0 Å². The van der Waals surface area contributed by atoms with Crippen LogP contribution in [0.5, 0.6) is 0 Å². The van der Waals surface area contributed by atoms with Crippen LogP contribution < -0.4 is 25.6 Å². The van der Waals surface area contributed by atoms with E-state index < -0.39 is 8.07 Å². The molecule has 1 aromatic heterocycles. The van der Waals surface area contributed by atoms with Gasteiger partial charge in [0.05, 0.1) is 11.0 Å². The molecule has 0 aliphatic carbocycles. The SMILES string of the molecule is c1ccc(-c2ccc(N(c3cccc(-c4cccc([Si](c5ccccc5)(c5ccccc5)c5ccccc5)c4)c3)c3cc4ccc5cccc6c5c4c(c3)n6-c3ccccc3)cc2)cc1. The topological polar surface area (TPSA) is 8.17 Å². The first-order valence-corrected chi connectivity index (χ1v) is 24.4.